The van der Waals surface area contributed by atoms with Crippen LogP contribution in [0.4, 0.5) is 11.5 Å². The fraction of sp³-hybridized carbons (Fsp3) is 0.609. The Bertz CT molecular complexity index is 1000. The van der Waals surface area contributed by atoms with Gasteiger partial charge in [0.25, 0.3) is 0 Å². The standard InChI is InChI=1S/C23H31BrN6O2.H2S/c1-26-20-16(14-25)19-18(13-17(20)24)27-22(28-21(19)29-7-4-11-31-12-10-29)32-15-23-5-2-8-30(23)9-3-6-23;/h13-14,25-26H,2-12,15H2,1H3;1H2. The van der Waals surface area contributed by atoms with Crippen LogP contribution in [-0.2, 0) is 4.74 Å². The molecule has 3 fully saturated rings. The first kappa shape index (κ1) is 24.5. The third-order valence-electron chi connectivity index (χ3n) is 7.14. The summed E-state index contributed by atoms with van der Waals surface area (Å²) in [6.07, 6.45) is 7.17. The van der Waals surface area contributed by atoms with E-state index in [-0.39, 0.29) is 19.0 Å². The average molecular weight is 538 g/mol. The summed E-state index contributed by atoms with van der Waals surface area (Å²) in [7, 11) is 1.87. The molecule has 0 spiro atoms. The van der Waals surface area contributed by atoms with Gasteiger partial charge in [-0.05, 0) is 67.2 Å². The van der Waals surface area contributed by atoms with Crippen molar-refractivity contribution in [2.45, 2.75) is 37.6 Å². The zero-order valence-electron chi connectivity index (χ0n) is 19.1. The topological polar surface area (TPSA) is 86.6 Å². The van der Waals surface area contributed by atoms with E-state index in [2.05, 4.69) is 31.0 Å². The molecule has 10 heteroatoms. The van der Waals surface area contributed by atoms with Gasteiger partial charge < -0.3 is 25.1 Å². The van der Waals surface area contributed by atoms with E-state index in [9.17, 15) is 0 Å². The molecule has 0 unspecified atom stereocenters. The molecule has 180 valence electrons. The van der Waals surface area contributed by atoms with Gasteiger partial charge in [0, 0.05) is 43.0 Å². The summed E-state index contributed by atoms with van der Waals surface area (Å²) in [5.74, 6) is 0.824. The van der Waals surface area contributed by atoms with Crippen LogP contribution < -0.4 is 15.0 Å². The smallest absolute Gasteiger partial charge is 0.319 e. The van der Waals surface area contributed by atoms with Gasteiger partial charge in [0.05, 0.1) is 28.7 Å². The lowest BCUT2D eigenvalue weighted by atomic mass is 9.95. The Morgan fingerprint density at radius 2 is 1.97 bits per heavy atom. The van der Waals surface area contributed by atoms with Crippen LogP contribution in [0, 0.1) is 5.41 Å². The van der Waals surface area contributed by atoms with Gasteiger partial charge >= 0.3 is 6.01 Å². The number of fused-ring (bicyclic) bond motifs is 2. The number of hydrogen-bond acceptors (Lipinski definition) is 8. The van der Waals surface area contributed by atoms with Gasteiger partial charge in [-0.2, -0.15) is 23.5 Å². The summed E-state index contributed by atoms with van der Waals surface area (Å²) in [5, 5.41) is 12.2. The maximum Gasteiger partial charge on any atom is 0.319 e. The molecule has 3 aliphatic rings. The van der Waals surface area contributed by atoms with E-state index in [1.807, 2.05) is 13.1 Å². The highest BCUT2D eigenvalue weighted by Crippen LogP contribution is 2.40. The molecular formula is C23H33BrN6O2S. The number of hydrogen-bond donors (Lipinski definition) is 2. The molecule has 0 atom stereocenters. The first-order chi connectivity index (χ1) is 15.6. The molecule has 3 aliphatic heterocycles. The van der Waals surface area contributed by atoms with Gasteiger partial charge in [-0.1, -0.05) is 0 Å². The highest BCUT2D eigenvalue weighted by molar-refractivity contribution is 9.10. The Labute approximate surface area is 210 Å². The van der Waals surface area contributed by atoms with E-state index in [0.29, 0.717) is 19.2 Å². The average Bonchev–Trinajstić information content (AvgIpc) is 3.25. The first-order valence-corrected chi connectivity index (χ1v) is 12.4. The van der Waals surface area contributed by atoms with Gasteiger partial charge in [0.15, 0.2) is 0 Å². The maximum absolute atomic E-state index is 8.13. The van der Waals surface area contributed by atoms with Gasteiger partial charge in [-0.3, -0.25) is 4.90 Å². The van der Waals surface area contributed by atoms with Gasteiger partial charge in [0.1, 0.15) is 12.4 Å². The van der Waals surface area contributed by atoms with E-state index >= 15 is 0 Å². The Kier molecular flexibility index (Phi) is 7.67. The molecule has 3 saturated heterocycles. The van der Waals surface area contributed by atoms with Crippen LogP contribution in [0.1, 0.15) is 37.7 Å². The van der Waals surface area contributed by atoms with Crippen LogP contribution in [0.3, 0.4) is 0 Å². The van der Waals surface area contributed by atoms with Crippen LogP contribution >= 0.6 is 29.4 Å². The summed E-state index contributed by atoms with van der Waals surface area (Å²) in [6.45, 7) is 6.00. The second kappa shape index (κ2) is 10.3. The van der Waals surface area contributed by atoms with Gasteiger partial charge in [0.2, 0.25) is 0 Å². The van der Waals surface area contributed by atoms with Crippen molar-refractivity contribution in [1.82, 2.24) is 14.9 Å². The highest BCUT2D eigenvalue weighted by atomic mass is 79.9. The molecule has 8 nitrogen and oxygen atoms in total. The normalized spacial score (nSPS) is 20.2. The van der Waals surface area contributed by atoms with Crippen LogP contribution in [-0.4, -0.2) is 79.7 Å². The van der Waals surface area contributed by atoms with Crippen molar-refractivity contribution in [2.24, 2.45) is 0 Å². The predicted octanol–water partition coefficient (Wildman–Crippen LogP) is 3.78. The maximum atomic E-state index is 8.13. The SMILES string of the molecule is CNc1c(Br)cc2nc(OCC34CCCN3CCC4)nc(N3CCCOCC3)c2c1C=N.S. The Balaban J connectivity index is 0.00000259. The molecule has 1 aromatic heterocycles. The quantitative estimate of drug-likeness (QED) is 0.543. The minimum Gasteiger partial charge on any atom is -0.461 e. The van der Waals surface area contributed by atoms with E-state index in [1.165, 1.54) is 45.0 Å². The second-order valence-electron chi connectivity index (χ2n) is 8.93. The number of nitrogens with zero attached hydrogens (tertiary/aromatic N) is 4. The zero-order chi connectivity index (χ0) is 22.1. The van der Waals surface area contributed by atoms with Crippen molar-refractivity contribution < 1.29 is 9.47 Å². The number of benzene rings is 1. The molecule has 1 aromatic carbocycles. The van der Waals surface area contributed by atoms with Gasteiger partial charge in [-0.25, -0.2) is 0 Å². The van der Waals surface area contributed by atoms with Gasteiger partial charge in [-0.15, -0.1) is 0 Å². The fourth-order valence-electron chi connectivity index (χ4n) is 5.56. The van der Waals surface area contributed by atoms with E-state index in [4.69, 9.17) is 24.9 Å². The van der Waals surface area contributed by atoms with Crippen molar-refractivity contribution in [3.63, 3.8) is 0 Å². The Morgan fingerprint density at radius 1 is 1.18 bits per heavy atom. The molecule has 2 aromatic rings. The van der Waals surface area contributed by atoms with Crippen LogP contribution in [0.5, 0.6) is 6.01 Å². The Morgan fingerprint density at radius 3 is 2.70 bits per heavy atom. The number of ether oxygens (including phenoxy) is 2. The van der Waals surface area contributed by atoms with Crippen molar-refractivity contribution >= 4 is 58.0 Å². The third-order valence-corrected chi connectivity index (χ3v) is 7.76. The molecule has 0 amide bonds. The lowest BCUT2D eigenvalue weighted by molar-refractivity contribution is 0.108. The second-order valence-corrected chi connectivity index (χ2v) is 9.78. The number of rotatable bonds is 6. The van der Waals surface area contributed by atoms with Crippen molar-refractivity contribution in [3.05, 3.63) is 16.1 Å². The minimum absolute atomic E-state index is 0. The predicted molar refractivity (Wildman–Crippen MR) is 141 cm³/mol. The largest absolute Gasteiger partial charge is 0.461 e. The van der Waals surface area contributed by atoms with E-state index in [1.54, 1.807) is 0 Å². The molecule has 2 N–H and O–H groups in total. The molecule has 4 heterocycles. The van der Waals surface area contributed by atoms with Crippen LogP contribution in [0.2, 0.25) is 0 Å². The zero-order valence-corrected chi connectivity index (χ0v) is 21.7. The van der Waals surface area contributed by atoms with Crippen molar-refractivity contribution in [1.29, 1.82) is 5.41 Å². The summed E-state index contributed by atoms with van der Waals surface area (Å²) in [5.41, 5.74) is 2.57. The van der Waals surface area contributed by atoms with Crippen LogP contribution in [0.15, 0.2) is 10.5 Å². The molecule has 5 rings (SSSR count). The summed E-state index contributed by atoms with van der Waals surface area (Å²) >= 11 is 3.65. The Hall–Kier alpha value is -1.62. The molecule has 33 heavy (non-hydrogen) atoms. The number of nitrogens with one attached hydrogen (secondary N) is 2. The van der Waals surface area contributed by atoms with Crippen molar-refractivity contribution in [3.8, 4) is 6.01 Å². The molecular weight excluding hydrogens is 504 g/mol. The summed E-state index contributed by atoms with van der Waals surface area (Å²) in [6, 6.07) is 2.42. The third kappa shape index (κ3) is 4.54. The lowest BCUT2D eigenvalue weighted by Crippen LogP contribution is -2.43. The molecule has 0 saturated carbocycles. The summed E-state index contributed by atoms with van der Waals surface area (Å²) in [4.78, 5) is 14.6. The summed E-state index contributed by atoms with van der Waals surface area (Å²) < 4.78 is 12.9. The fourth-order valence-corrected chi connectivity index (χ4v) is 6.19. The highest BCUT2D eigenvalue weighted by Gasteiger charge is 2.45. The number of anilines is 2. The van der Waals surface area contributed by atoms with E-state index in [0.717, 1.165) is 58.6 Å². The molecule has 0 aliphatic carbocycles. The number of halogens is 1. The minimum atomic E-state index is 0. The lowest BCUT2D eigenvalue weighted by Gasteiger charge is -2.31. The molecule has 0 bridgehead atoms. The van der Waals surface area contributed by atoms with E-state index < -0.39 is 0 Å². The first-order valence-electron chi connectivity index (χ1n) is 11.6. The number of aromatic nitrogens is 2. The van der Waals surface area contributed by atoms with Crippen LogP contribution in [0.25, 0.3) is 10.9 Å². The van der Waals surface area contributed by atoms with Crippen molar-refractivity contribution in [2.75, 3.05) is 63.3 Å². The molecule has 0 radical (unpaired) electrons. The monoisotopic (exact) mass is 536 g/mol.